The number of hydrogen-bond acceptors (Lipinski definition) is 4. The normalized spacial score (nSPS) is 12.7. The van der Waals surface area contributed by atoms with Crippen molar-refractivity contribution < 1.29 is 9.59 Å². The van der Waals surface area contributed by atoms with Crippen molar-refractivity contribution in [1.29, 1.82) is 0 Å². The predicted octanol–water partition coefficient (Wildman–Crippen LogP) is 7.55. The lowest BCUT2D eigenvalue weighted by molar-refractivity contribution is -0.123. The summed E-state index contributed by atoms with van der Waals surface area (Å²) in [6.45, 7) is 11.8. The standard InChI is InChI=1S/C33H36N4O2/c1-7-21(2)23-15-17-24(18-16-23)30-20-28(27-13-8-9-14-29(27)35-30)31(38)37-36-22(3)25-11-10-12-26(19-25)34-32(39)33(4,5)6/h8-21H,7H2,1-6H3,(H,34,39)(H,37,38)/t21-/m0/s1. The van der Waals surface area contributed by atoms with E-state index in [4.69, 9.17) is 4.98 Å². The molecule has 4 rings (SSSR count). The Morgan fingerprint density at radius 2 is 1.67 bits per heavy atom. The summed E-state index contributed by atoms with van der Waals surface area (Å²) in [5.74, 6) is 0.0987. The van der Waals surface area contributed by atoms with Gasteiger partial charge in [0.05, 0.1) is 22.5 Å². The molecule has 6 heteroatoms. The van der Waals surface area contributed by atoms with Gasteiger partial charge in [0, 0.05) is 22.1 Å². The number of rotatable bonds is 7. The first-order valence-electron chi connectivity index (χ1n) is 13.3. The van der Waals surface area contributed by atoms with E-state index in [0.29, 0.717) is 22.9 Å². The van der Waals surface area contributed by atoms with Crippen molar-refractivity contribution in [2.24, 2.45) is 10.5 Å². The lowest BCUT2D eigenvalue weighted by Gasteiger charge is -2.18. The van der Waals surface area contributed by atoms with Crippen LogP contribution < -0.4 is 10.7 Å². The average Bonchev–Trinajstić information content (AvgIpc) is 2.94. The topological polar surface area (TPSA) is 83.5 Å². The number of amides is 2. The van der Waals surface area contributed by atoms with Crippen molar-refractivity contribution in [3.05, 3.63) is 95.6 Å². The number of para-hydroxylation sites is 1. The second kappa shape index (κ2) is 11.6. The molecule has 1 heterocycles. The molecule has 4 aromatic rings. The number of anilines is 1. The number of hydrazone groups is 1. The van der Waals surface area contributed by atoms with Gasteiger partial charge >= 0.3 is 0 Å². The molecule has 3 aromatic carbocycles. The lowest BCUT2D eigenvalue weighted by atomic mass is 9.95. The number of fused-ring (bicyclic) bond motifs is 1. The largest absolute Gasteiger partial charge is 0.326 e. The van der Waals surface area contributed by atoms with Gasteiger partial charge in [0.25, 0.3) is 5.91 Å². The van der Waals surface area contributed by atoms with Gasteiger partial charge in [-0.1, -0.05) is 89.2 Å². The summed E-state index contributed by atoms with van der Waals surface area (Å²) in [6.07, 6.45) is 1.08. The minimum atomic E-state index is -0.505. The predicted molar refractivity (Wildman–Crippen MR) is 160 cm³/mol. The summed E-state index contributed by atoms with van der Waals surface area (Å²) in [7, 11) is 0. The van der Waals surface area contributed by atoms with E-state index in [1.807, 2.05) is 82.3 Å². The van der Waals surface area contributed by atoms with Crippen LogP contribution in [0.25, 0.3) is 22.2 Å². The van der Waals surface area contributed by atoms with E-state index < -0.39 is 5.41 Å². The number of aromatic nitrogens is 1. The molecule has 1 atom stereocenters. The van der Waals surface area contributed by atoms with Gasteiger partial charge in [0.2, 0.25) is 5.91 Å². The van der Waals surface area contributed by atoms with Gasteiger partial charge in [-0.05, 0) is 54.7 Å². The third-order valence-electron chi connectivity index (χ3n) is 6.89. The van der Waals surface area contributed by atoms with Crippen LogP contribution in [0.5, 0.6) is 0 Å². The van der Waals surface area contributed by atoms with Gasteiger partial charge in [-0.15, -0.1) is 0 Å². The van der Waals surface area contributed by atoms with Crippen LogP contribution in [-0.2, 0) is 4.79 Å². The molecule has 0 fully saturated rings. The van der Waals surface area contributed by atoms with Crippen molar-refractivity contribution in [2.45, 2.75) is 53.9 Å². The molecule has 0 aliphatic carbocycles. The molecular weight excluding hydrogens is 484 g/mol. The molecule has 0 aliphatic rings. The summed E-state index contributed by atoms with van der Waals surface area (Å²) in [5.41, 5.74) is 8.53. The number of pyridine rings is 1. The zero-order valence-corrected chi connectivity index (χ0v) is 23.5. The molecule has 200 valence electrons. The summed E-state index contributed by atoms with van der Waals surface area (Å²) in [6, 6.07) is 25.2. The Bertz CT molecular complexity index is 1530. The average molecular weight is 521 g/mol. The van der Waals surface area contributed by atoms with Crippen LogP contribution in [0.15, 0.2) is 84.0 Å². The maximum atomic E-state index is 13.4. The van der Waals surface area contributed by atoms with Crippen molar-refractivity contribution in [1.82, 2.24) is 10.4 Å². The second-order valence-electron chi connectivity index (χ2n) is 10.9. The Kier molecular flexibility index (Phi) is 8.24. The number of carbonyl (C=O) groups excluding carboxylic acids is 2. The van der Waals surface area contributed by atoms with Crippen LogP contribution in [-0.4, -0.2) is 22.5 Å². The minimum Gasteiger partial charge on any atom is -0.326 e. The van der Waals surface area contributed by atoms with Crippen molar-refractivity contribution in [3.63, 3.8) is 0 Å². The molecule has 2 N–H and O–H groups in total. The highest BCUT2D eigenvalue weighted by molar-refractivity contribution is 6.08. The van der Waals surface area contributed by atoms with Gasteiger partial charge in [-0.3, -0.25) is 9.59 Å². The smallest absolute Gasteiger partial charge is 0.272 e. The maximum Gasteiger partial charge on any atom is 0.272 e. The summed E-state index contributed by atoms with van der Waals surface area (Å²) < 4.78 is 0. The maximum absolute atomic E-state index is 13.4. The van der Waals surface area contributed by atoms with Crippen LogP contribution in [0.2, 0.25) is 0 Å². The van der Waals surface area contributed by atoms with Crippen LogP contribution in [0.1, 0.15) is 75.4 Å². The van der Waals surface area contributed by atoms with E-state index in [0.717, 1.165) is 34.1 Å². The highest BCUT2D eigenvalue weighted by Crippen LogP contribution is 2.27. The van der Waals surface area contributed by atoms with E-state index in [1.54, 1.807) is 0 Å². The van der Waals surface area contributed by atoms with Crippen LogP contribution >= 0.6 is 0 Å². The number of benzene rings is 3. The van der Waals surface area contributed by atoms with Crippen molar-refractivity contribution >= 4 is 34.1 Å². The number of nitrogens with zero attached hydrogens (tertiary/aromatic N) is 2. The first-order chi connectivity index (χ1) is 18.6. The second-order valence-corrected chi connectivity index (χ2v) is 10.9. The molecule has 0 spiro atoms. The Morgan fingerprint density at radius 3 is 2.36 bits per heavy atom. The molecule has 39 heavy (non-hydrogen) atoms. The van der Waals surface area contributed by atoms with E-state index in [1.165, 1.54) is 5.56 Å². The SMILES string of the molecule is CC[C@H](C)c1ccc(-c2cc(C(=O)NN=C(C)c3cccc(NC(=O)C(C)(C)C)c3)c3ccccc3n2)cc1. The molecule has 2 amide bonds. The van der Waals surface area contributed by atoms with Crippen LogP contribution in [0.4, 0.5) is 5.69 Å². The lowest BCUT2D eigenvalue weighted by Crippen LogP contribution is -2.27. The Hall–Kier alpha value is -4.32. The number of carbonyl (C=O) groups is 2. The molecule has 0 unspecified atom stereocenters. The molecule has 0 radical (unpaired) electrons. The van der Waals surface area contributed by atoms with E-state index >= 15 is 0 Å². The molecule has 0 bridgehead atoms. The van der Waals surface area contributed by atoms with Gasteiger partial charge in [-0.25, -0.2) is 10.4 Å². The Labute approximate surface area is 230 Å². The first kappa shape index (κ1) is 27.7. The molecule has 1 aromatic heterocycles. The zero-order chi connectivity index (χ0) is 28.2. The Morgan fingerprint density at radius 1 is 0.949 bits per heavy atom. The number of nitrogens with one attached hydrogen (secondary N) is 2. The number of hydrogen-bond donors (Lipinski definition) is 2. The van der Waals surface area contributed by atoms with Gasteiger partial charge in [0.1, 0.15) is 0 Å². The third-order valence-corrected chi connectivity index (χ3v) is 6.89. The third kappa shape index (κ3) is 6.58. The van der Waals surface area contributed by atoms with Gasteiger partial charge < -0.3 is 5.32 Å². The quantitative estimate of drug-likeness (QED) is 0.195. The van der Waals surface area contributed by atoms with E-state index in [9.17, 15) is 9.59 Å². The molecule has 6 nitrogen and oxygen atoms in total. The van der Waals surface area contributed by atoms with Crippen LogP contribution in [0, 0.1) is 5.41 Å². The van der Waals surface area contributed by atoms with Crippen molar-refractivity contribution in [2.75, 3.05) is 5.32 Å². The fourth-order valence-corrected chi connectivity index (χ4v) is 4.13. The van der Waals surface area contributed by atoms with Gasteiger partial charge in [-0.2, -0.15) is 5.10 Å². The fourth-order valence-electron chi connectivity index (χ4n) is 4.13. The monoisotopic (exact) mass is 520 g/mol. The van der Waals surface area contributed by atoms with Gasteiger partial charge in [0.15, 0.2) is 0 Å². The first-order valence-corrected chi connectivity index (χ1v) is 13.3. The summed E-state index contributed by atoms with van der Waals surface area (Å²) in [5, 5.41) is 8.07. The highest BCUT2D eigenvalue weighted by Gasteiger charge is 2.21. The molecule has 0 saturated heterocycles. The van der Waals surface area contributed by atoms with Crippen molar-refractivity contribution in [3.8, 4) is 11.3 Å². The summed E-state index contributed by atoms with van der Waals surface area (Å²) in [4.78, 5) is 30.6. The zero-order valence-electron chi connectivity index (χ0n) is 23.5. The minimum absolute atomic E-state index is 0.0718. The van der Waals surface area contributed by atoms with E-state index in [2.05, 4.69) is 54.0 Å². The fraction of sp³-hybridized carbons (Fsp3) is 0.273. The molecule has 0 aliphatic heterocycles. The summed E-state index contributed by atoms with van der Waals surface area (Å²) >= 11 is 0. The van der Waals surface area contributed by atoms with E-state index in [-0.39, 0.29) is 11.8 Å². The molecule has 0 saturated carbocycles. The van der Waals surface area contributed by atoms with Crippen LogP contribution in [0.3, 0.4) is 0 Å². The molecular formula is C33H36N4O2. The highest BCUT2D eigenvalue weighted by atomic mass is 16.2. The Balaban J connectivity index is 1.60.